The zero-order chi connectivity index (χ0) is 24.3. The monoisotopic (exact) mass is 468 g/mol. The van der Waals surface area contributed by atoms with Gasteiger partial charge in [-0.25, -0.2) is 4.79 Å². The lowest BCUT2D eigenvalue weighted by atomic mass is 10.0. The van der Waals surface area contributed by atoms with Crippen molar-refractivity contribution < 1.29 is 29.0 Å². The lowest BCUT2D eigenvalue weighted by Gasteiger charge is -2.29. The average Bonchev–Trinajstić information content (AvgIpc) is 2.75. The van der Waals surface area contributed by atoms with Crippen LogP contribution in [0, 0.1) is 13.8 Å². The largest absolute Gasteiger partial charge is 0.490 e. The summed E-state index contributed by atoms with van der Waals surface area (Å²) in [6.07, 6.45) is 0.354. The highest BCUT2D eigenvalue weighted by Gasteiger charge is 2.34. The number of carbonyl (C=O) groups excluding carboxylic acids is 2. The van der Waals surface area contributed by atoms with Gasteiger partial charge >= 0.3 is 5.97 Å². The Morgan fingerprint density at radius 2 is 1.88 bits per heavy atom. The molecular weight excluding hydrogens is 444 g/mol. The van der Waals surface area contributed by atoms with Crippen molar-refractivity contribution in [3.8, 4) is 11.5 Å². The van der Waals surface area contributed by atoms with Gasteiger partial charge in [0.2, 0.25) is 0 Å². The first-order valence-corrected chi connectivity index (χ1v) is 10.7. The minimum Gasteiger partial charge on any atom is -0.490 e. The fraction of sp³-hybridized carbons (Fsp3) is 0.250. The molecule has 2 aromatic carbocycles. The Morgan fingerprint density at radius 1 is 1.15 bits per heavy atom. The van der Waals surface area contributed by atoms with E-state index in [0.29, 0.717) is 23.6 Å². The zero-order valence-corrected chi connectivity index (χ0v) is 19.5. The second-order valence-electron chi connectivity index (χ2n) is 7.46. The number of nitrogens with one attached hydrogen (secondary N) is 1. The lowest BCUT2D eigenvalue weighted by molar-refractivity contribution is -0.144. The molecule has 2 N–H and O–H groups in total. The first-order valence-electron chi connectivity index (χ1n) is 10.3. The Morgan fingerprint density at radius 3 is 2.52 bits per heavy atom. The Bertz CT molecular complexity index is 1170. The smallest absolute Gasteiger partial charge is 0.344 e. The summed E-state index contributed by atoms with van der Waals surface area (Å²) < 4.78 is 11.0. The highest BCUT2D eigenvalue weighted by molar-refractivity contribution is 7.80. The van der Waals surface area contributed by atoms with E-state index in [0.717, 1.165) is 11.1 Å². The molecule has 0 aliphatic carbocycles. The Kier molecular flexibility index (Phi) is 7.13. The van der Waals surface area contributed by atoms with Crippen LogP contribution in [-0.2, 0) is 14.4 Å². The number of anilines is 1. The van der Waals surface area contributed by atoms with Gasteiger partial charge in [0.05, 0.1) is 12.3 Å². The van der Waals surface area contributed by atoms with E-state index in [-0.39, 0.29) is 16.4 Å². The van der Waals surface area contributed by atoms with Gasteiger partial charge in [0.1, 0.15) is 5.57 Å². The minimum absolute atomic E-state index is 0.00631. The molecule has 1 heterocycles. The lowest BCUT2D eigenvalue weighted by Crippen LogP contribution is -2.54. The molecule has 0 saturated carbocycles. The van der Waals surface area contributed by atoms with E-state index in [4.69, 9.17) is 26.8 Å². The molecule has 33 heavy (non-hydrogen) atoms. The summed E-state index contributed by atoms with van der Waals surface area (Å²) >= 11 is 5.25. The van der Waals surface area contributed by atoms with Crippen LogP contribution in [0.1, 0.15) is 30.5 Å². The van der Waals surface area contributed by atoms with Crippen LogP contribution < -0.4 is 19.7 Å². The van der Waals surface area contributed by atoms with Crippen molar-refractivity contribution in [2.24, 2.45) is 0 Å². The molecule has 0 radical (unpaired) electrons. The summed E-state index contributed by atoms with van der Waals surface area (Å²) in [4.78, 5) is 38.2. The van der Waals surface area contributed by atoms with Gasteiger partial charge in [0.25, 0.3) is 11.8 Å². The highest BCUT2D eigenvalue weighted by Crippen LogP contribution is 2.31. The second-order valence-corrected chi connectivity index (χ2v) is 7.85. The summed E-state index contributed by atoms with van der Waals surface area (Å²) in [6.45, 7) is 7.38. The molecule has 1 aliphatic heterocycles. The van der Waals surface area contributed by atoms with Gasteiger partial charge in [-0.05, 0) is 86.9 Å². The van der Waals surface area contributed by atoms with Gasteiger partial charge in [-0.2, -0.15) is 0 Å². The summed E-state index contributed by atoms with van der Waals surface area (Å²) in [6, 6.07) is 10.2. The van der Waals surface area contributed by atoms with Gasteiger partial charge in [-0.1, -0.05) is 12.1 Å². The van der Waals surface area contributed by atoms with Gasteiger partial charge in [-0.15, -0.1) is 0 Å². The van der Waals surface area contributed by atoms with Crippen LogP contribution in [0.5, 0.6) is 11.5 Å². The highest BCUT2D eigenvalue weighted by atomic mass is 32.1. The number of ether oxygens (including phenoxy) is 2. The zero-order valence-electron chi connectivity index (χ0n) is 18.7. The summed E-state index contributed by atoms with van der Waals surface area (Å²) in [5, 5.41) is 11.7. The number of benzene rings is 2. The van der Waals surface area contributed by atoms with Gasteiger partial charge < -0.3 is 14.6 Å². The van der Waals surface area contributed by atoms with Crippen molar-refractivity contribution in [2.45, 2.75) is 33.8 Å². The van der Waals surface area contributed by atoms with E-state index >= 15 is 0 Å². The molecule has 0 bridgehead atoms. The first-order chi connectivity index (χ1) is 15.6. The van der Waals surface area contributed by atoms with E-state index < -0.39 is 23.9 Å². The molecule has 1 unspecified atom stereocenters. The molecule has 172 valence electrons. The molecule has 0 spiro atoms. The van der Waals surface area contributed by atoms with Gasteiger partial charge in [0, 0.05) is 0 Å². The maximum Gasteiger partial charge on any atom is 0.344 e. The maximum absolute atomic E-state index is 13.2. The number of carbonyl (C=O) groups is 3. The number of hydrogen-bond donors (Lipinski definition) is 2. The number of amides is 2. The van der Waals surface area contributed by atoms with Crippen LogP contribution in [0.3, 0.4) is 0 Å². The van der Waals surface area contributed by atoms with Crippen molar-refractivity contribution in [1.82, 2.24) is 5.32 Å². The first kappa shape index (κ1) is 23.9. The quantitative estimate of drug-likeness (QED) is 0.365. The number of thiocarbonyl (C=S) groups is 1. The third kappa shape index (κ3) is 5.20. The molecule has 1 fully saturated rings. The third-order valence-electron chi connectivity index (χ3n) is 5.08. The fourth-order valence-corrected chi connectivity index (χ4v) is 3.43. The Labute approximate surface area is 196 Å². The molecule has 3 rings (SSSR count). The normalized spacial score (nSPS) is 15.9. The molecule has 1 atom stereocenters. The van der Waals surface area contributed by atoms with Gasteiger partial charge in [-0.3, -0.25) is 19.8 Å². The Hall–Kier alpha value is -3.72. The number of aryl methyl sites for hydroxylation is 2. The minimum atomic E-state index is -1.12. The molecule has 1 aliphatic rings. The van der Waals surface area contributed by atoms with Crippen molar-refractivity contribution in [3.05, 3.63) is 58.7 Å². The third-order valence-corrected chi connectivity index (χ3v) is 5.37. The molecule has 1 saturated heterocycles. The number of carboxylic acid groups (broad SMARTS) is 1. The van der Waals surface area contributed by atoms with Crippen LogP contribution in [0.15, 0.2) is 42.0 Å². The Balaban J connectivity index is 1.98. The predicted molar refractivity (Wildman–Crippen MR) is 127 cm³/mol. The van der Waals surface area contributed by atoms with E-state index in [1.807, 2.05) is 26.0 Å². The van der Waals surface area contributed by atoms with Crippen LogP contribution in [0.2, 0.25) is 0 Å². The van der Waals surface area contributed by atoms with Crippen LogP contribution >= 0.6 is 12.2 Å². The number of hydrogen-bond acceptors (Lipinski definition) is 6. The summed E-state index contributed by atoms with van der Waals surface area (Å²) in [7, 11) is 0. The van der Waals surface area contributed by atoms with Crippen molar-refractivity contribution in [2.75, 3.05) is 11.5 Å². The van der Waals surface area contributed by atoms with Crippen LogP contribution in [0.4, 0.5) is 5.69 Å². The van der Waals surface area contributed by atoms with E-state index in [2.05, 4.69) is 5.32 Å². The SMILES string of the molecule is CCOc1cc(/C=C2\C(=O)NC(=S)N(c3ccc(C)c(C)c3)C2=O)ccc1OC(C)C(=O)O. The summed E-state index contributed by atoms with van der Waals surface area (Å²) in [5.74, 6) is -1.74. The number of rotatable bonds is 7. The maximum atomic E-state index is 13.2. The van der Waals surface area contributed by atoms with Crippen molar-refractivity contribution in [3.63, 3.8) is 0 Å². The van der Waals surface area contributed by atoms with Crippen molar-refractivity contribution in [1.29, 1.82) is 0 Å². The van der Waals surface area contributed by atoms with Crippen LogP contribution in [-0.4, -0.2) is 40.7 Å². The molecule has 0 aromatic heterocycles. The fourth-order valence-electron chi connectivity index (χ4n) is 3.14. The van der Waals surface area contributed by atoms with Gasteiger partial charge in [0.15, 0.2) is 22.7 Å². The molecule has 2 amide bonds. The summed E-state index contributed by atoms with van der Waals surface area (Å²) in [5.41, 5.74) is 3.01. The number of carboxylic acids is 1. The second kappa shape index (κ2) is 9.83. The van der Waals surface area contributed by atoms with Crippen molar-refractivity contribution >= 4 is 46.9 Å². The molecular formula is C24H24N2O6S. The molecule has 2 aromatic rings. The predicted octanol–water partition coefficient (Wildman–Crippen LogP) is 3.39. The molecule has 9 heteroatoms. The van der Waals surface area contributed by atoms with E-state index in [9.17, 15) is 14.4 Å². The van der Waals surface area contributed by atoms with Crippen LogP contribution in [0.25, 0.3) is 6.08 Å². The standard InChI is InChI=1S/C24H24N2O6S/c1-5-31-20-12-16(7-9-19(20)32-15(4)23(29)30)11-18-21(27)25-24(33)26(22(18)28)17-8-6-13(2)14(3)10-17/h6-12,15H,5H2,1-4H3,(H,29,30)(H,25,27,33)/b18-11+. The topological polar surface area (TPSA) is 105 Å². The molecule has 8 nitrogen and oxygen atoms in total. The van der Waals surface area contributed by atoms with E-state index in [1.165, 1.54) is 24.0 Å². The number of nitrogens with zero attached hydrogens (tertiary/aromatic N) is 1. The average molecular weight is 469 g/mol. The number of aliphatic carboxylic acids is 1. The van der Waals surface area contributed by atoms with E-state index in [1.54, 1.807) is 25.1 Å².